The molecule has 8 heteroatoms. The van der Waals surface area contributed by atoms with E-state index >= 15 is 0 Å². The third kappa shape index (κ3) is 2.94. The van der Waals surface area contributed by atoms with E-state index in [0.29, 0.717) is 15.1 Å². The summed E-state index contributed by atoms with van der Waals surface area (Å²) in [7, 11) is 0. The zero-order valence-corrected chi connectivity index (χ0v) is 12.7. The van der Waals surface area contributed by atoms with Crippen LogP contribution in [0.1, 0.15) is 6.92 Å². The summed E-state index contributed by atoms with van der Waals surface area (Å²) < 4.78 is 0.670. The molecule has 21 heavy (non-hydrogen) atoms. The number of carbonyl (C=O) groups excluding carboxylic acids is 4. The summed E-state index contributed by atoms with van der Waals surface area (Å²) in [6, 6.07) is 6.15. The molecule has 1 heterocycles. The van der Waals surface area contributed by atoms with Gasteiger partial charge in [0.2, 0.25) is 5.91 Å². The Labute approximate surface area is 129 Å². The van der Waals surface area contributed by atoms with Crippen molar-refractivity contribution in [3.8, 4) is 0 Å². The number of carbonyl (C=O) groups is 4. The summed E-state index contributed by atoms with van der Waals surface area (Å²) in [6.45, 7) is 1.17. The summed E-state index contributed by atoms with van der Waals surface area (Å²) in [4.78, 5) is 48.4. The van der Waals surface area contributed by atoms with E-state index in [-0.39, 0.29) is 6.54 Å². The zero-order chi connectivity index (χ0) is 15.6. The number of imide groups is 2. The van der Waals surface area contributed by atoms with Gasteiger partial charge < -0.3 is 5.32 Å². The molecule has 0 aromatic heterocycles. The highest BCUT2D eigenvalue weighted by Gasteiger charge is 2.44. The molecule has 1 fully saturated rings. The first-order valence-corrected chi connectivity index (χ1v) is 6.96. The molecule has 1 aliphatic rings. The molecule has 1 N–H and O–H groups in total. The fourth-order valence-corrected chi connectivity index (χ4v) is 2.25. The van der Waals surface area contributed by atoms with Crippen molar-refractivity contribution in [2.75, 3.05) is 18.4 Å². The number of halogens is 1. The number of benzene rings is 1. The van der Waals surface area contributed by atoms with Gasteiger partial charge in [0, 0.05) is 11.0 Å². The standard InChI is InChI=1S/C13H12BrN3O4/c1-2-16-11(19)12(20)17(13(16)21)7-10(18)15-9-6-4-3-5-8(9)14/h3-6H,2,7H2,1H3,(H,15,18). The van der Waals surface area contributed by atoms with Gasteiger partial charge >= 0.3 is 17.8 Å². The quantitative estimate of drug-likeness (QED) is 0.650. The van der Waals surface area contributed by atoms with Gasteiger partial charge in [0.1, 0.15) is 6.54 Å². The van der Waals surface area contributed by atoms with Gasteiger partial charge in [-0.3, -0.25) is 19.3 Å². The Morgan fingerprint density at radius 1 is 1.14 bits per heavy atom. The first-order valence-electron chi connectivity index (χ1n) is 6.17. The second-order valence-electron chi connectivity index (χ2n) is 4.25. The van der Waals surface area contributed by atoms with E-state index in [1.807, 2.05) is 0 Å². The highest BCUT2D eigenvalue weighted by atomic mass is 79.9. The van der Waals surface area contributed by atoms with Crippen molar-refractivity contribution in [1.29, 1.82) is 0 Å². The predicted molar refractivity (Wildman–Crippen MR) is 77.3 cm³/mol. The lowest BCUT2D eigenvalue weighted by atomic mass is 10.3. The second-order valence-corrected chi connectivity index (χ2v) is 5.11. The van der Waals surface area contributed by atoms with Gasteiger partial charge in [0.25, 0.3) is 0 Å². The van der Waals surface area contributed by atoms with Crippen molar-refractivity contribution in [2.24, 2.45) is 0 Å². The van der Waals surface area contributed by atoms with Crippen molar-refractivity contribution in [3.63, 3.8) is 0 Å². The van der Waals surface area contributed by atoms with Gasteiger partial charge in [0.05, 0.1) is 5.69 Å². The number of nitrogens with zero attached hydrogens (tertiary/aromatic N) is 2. The summed E-state index contributed by atoms with van der Waals surface area (Å²) >= 11 is 3.27. The monoisotopic (exact) mass is 353 g/mol. The second kappa shape index (κ2) is 6.04. The minimum Gasteiger partial charge on any atom is -0.323 e. The Morgan fingerprint density at radius 2 is 1.76 bits per heavy atom. The van der Waals surface area contributed by atoms with Gasteiger partial charge in [-0.2, -0.15) is 0 Å². The molecule has 0 saturated carbocycles. The van der Waals surface area contributed by atoms with E-state index in [0.717, 1.165) is 4.90 Å². The predicted octanol–water partition coefficient (Wildman–Crippen LogP) is 1.20. The van der Waals surface area contributed by atoms with Crippen LogP contribution in [0, 0.1) is 0 Å². The molecular formula is C13H12BrN3O4. The van der Waals surface area contributed by atoms with Crippen molar-refractivity contribution in [2.45, 2.75) is 6.92 Å². The van der Waals surface area contributed by atoms with Crippen molar-refractivity contribution < 1.29 is 19.2 Å². The SMILES string of the molecule is CCN1C(=O)C(=O)N(CC(=O)Nc2ccccc2Br)C1=O. The van der Waals surface area contributed by atoms with Crippen LogP contribution >= 0.6 is 15.9 Å². The number of amides is 5. The minimum absolute atomic E-state index is 0.0890. The molecule has 1 aliphatic heterocycles. The maximum atomic E-state index is 11.9. The van der Waals surface area contributed by atoms with Crippen molar-refractivity contribution in [3.05, 3.63) is 28.7 Å². The molecule has 7 nitrogen and oxygen atoms in total. The Hall–Kier alpha value is -2.22. The summed E-state index contributed by atoms with van der Waals surface area (Å²) in [5.41, 5.74) is 0.514. The van der Waals surface area contributed by atoms with Crippen molar-refractivity contribution >= 4 is 45.4 Å². The average molecular weight is 354 g/mol. The molecule has 0 radical (unpaired) electrons. The van der Waals surface area contributed by atoms with Crippen LogP contribution in [0.4, 0.5) is 10.5 Å². The van der Waals surface area contributed by atoms with Crippen LogP contribution in [-0.4, -0.2) is 46.6 Å². The molecule has 1 aromatic rings. The lowest BCUT2D eigenvalue weighted by Crippen LogP contribution is -2.39. The number of nitrogens with one attached hydrogen (secondary N) is 1. The molecular weight excluding hydrogens is 342 g/mol. The van der Waals surface area contributed by atoms with Crippen molar-refractivity contribution in [1.82, 2.24) is 9.80 Å². The van der Waals surface area contributed by atoms with Crippen LogP contribution in [0.15, 0.2) is 28.7 Å². The van der Waals surface area contributed by atoms with Gasteiger partial charge in [-0.05, 0) is 35.0 Å². The number of para-hydroxylation sites is 1. The van der Waals surface area contributed by atoms with Crippen LogP contribution in [-0.2, 0) is 14.4 Å². The molecule has 110 valence electrons. The third-order valence-electron chi connectivity index (χ3n) is 2.90. The van der Waals surface area contributed by atoms with Gasteiger partial charge in [-0.1, -0.05) is 12.1 Å². The largest absolute Gasteiger partial charge is 0.334 e. The number of anilines is 1. The smallest absolute Gasteiger partial charge is 0.323 e. The zero-order valence-electron chi connectivity index (χ0n) is 11.1. The lowest BCUT2D eigenvalue weighted by molar-refractivity contribution is -0.143. The van der Waals surface area contributed by atoms with Crippen LogP contribution in [0.2, 0.25) is 0 Å². The van der Waals surface area contributed by atoms with E-state index in [1.54, 1.807) is 31.2 Å². The Kier molecular flexibility index (Phi) is 4.37. The molecule has 1 aromatic carbocycles. The van der Waals surface area contributed by atoms with E-state index in [2.05, 4.69) is 21.2 Å². The summed E-state index contributed by atoms with van der Waals surface area (Å²) in [5.74, 6) is -2.45. The van der Waals surface area contributed by atoms with Crippen LogP contribution in [0.25, 0.3) is 0 Å². The maximum absolute atomic E-state index is 11.9. The number of rotatable bonds is 4. The lowest BCUT2D eigenvalue weighted by Gasteiger charge is -2.14. The molecule has 0 spiro atoms. The third-order valence-corrected chi connectivity index (χ3v) is 3.59. The Bertz CT molecular complexity index is 632. The minimum atomic E-state index is -0.982. The first kappa shape index (κ1) is 15.2. The highest BCUT2D eigenvalue weighted by molar-refractivity contribution is 9.10. The van der Waals surface area contributed by atoms with E-state index in [1.165, 1.54) is 0 Å². The maximum Gasteiger partial charge on any atom is 0.334 e. The number of urea groups is 1. The molecule has 2 rings (SSSR count). The number of likely N-dealkylation sites (N-methyl/N-ethyl adjacent to an activating group) is 1. The van der Waals surface area contributed by atoms with Gasteiger partial charge in [-0.25, -0.2) is 9.69 Å². The molecule has 5 amide bonds. The van der Waals surface area contributed by atoms with Crippen LogP contribution in [0.3, 0.4) is 0 Å². The normalized spacial score (nSPS) is 14.9. The first-order chi connectivity index (χ1) is 9.95. The molecule has 0 bridgehead atoms. The number of hydrogen-bond acceptors (Lipinski definition) is 4. The van der Waals surface area contributed by atoms with Gasteiger partial charge in [-0.15, -0.1) is 0 Å². The average Bonchev–Trinajstić information content (AvgIpc) is 2.65. The van der Waals surface area contributed by atoms with Crippen LogP contribution < -0.4 is 5.32 Å². The summed E-state index contributed by atoms with van der Waals surface area (Å²) in [5, 5.41) is 2.56. The fourth-order valence-electron chi connectivity index (χ4n) is 1.86. The van der Waals surface area contributed by atoms with E-state index in [4.69, 9.17) is 0 Å². The highest BCUT2D eigenvalue weighted by Crippen LogP contribution is 2.21. The van der Waals surface area contributed by atoms with Crippen LogP contribution in [0.5, 0.6) is 0 Å². The Morgan fingerprint density at radius 3 is 2.33 bits per heavy atom. The number of hydrogen-bond donors (Lipinski definition) is 1. The molecule has 0 atom stereocenters. The molecule has 0 unspecified atom stereocenters. The van der Waals surface area contributed by atoms with E-state index in [9.17, 15) is 19.2 Å². The fraction of sp³-hybridized carbons (Fsp3) is 0.231. The van der Waals surface area contributed by atoms with Gasteiger partial charge in [0.15, 0.2) is 0 Å². The molecule has 1 saturated heterocycles. The van der Waals surface area contributed by atoms with E-state index < -0.39 is 30.3 Å². The summed E-state index contributed by atoms with van der Waals surface area (Å²) in [6.07, 6.45) is 0. The topological polar surface area (TPSA) is 86.8 Å². The Balaban J connectivity index is 2.07. The molecule has 0 aliphatic carbocycles.